The van der Waals surface area contributed by atoms with Crippen molar-refractivity contribution in [2.45, 2.75) is 6.92 Å². The average molecular weight is 272 g/mol. The van der Waals surface area contributed by atoms with Gasteiger partial charge in [0.1, 0.15) is 5.69 Å². The van der Waals surface area contributed by atoms with Crippen molar-refractivity contribution >= 4 is 40.3 Å². The van der Waals surface area contributed by atoms with Crippen LogP contribution in [0.15, 0.2) is 23.6 Å². The zero-order valence-electron chi connectivity index (χ0n) is 8.33. The summed E-state index contributed by atoms with van der Waals surface area (Å²) in [4.78, 5) is 16.2. The van der Waals surface area contributed by atoms with Gasteiger partial charge in [0.05, 0.1) is 10.0 Å². The monoisotopic (exact) mass is 271 g/mol. The molecule has 1 heterocycles. The largest absolute Gasteiger partial charge is 0.287 e. The second-order valence-corrected chi connectivity index (χ2v) is 5.11. The molecule has 0 unspecified atom stereocenters. The first-order valence-corrected chi connectivity index (χ1v) is 6.13. The van der Waals surface area contributed by atoms with Crippen LogP contribution in [-0.2, 0) is 0 Å². The van der Waals surface area contributed by atoms with Gasteiger partial charge in [-0.2, -0.15) is 0 Å². The van der Waals surface area contributed by atoms with Crippen LogP contribution in [0, 0.1) is 6.92 Å². The zero-order chi connectivity index (χ0) is 11.7. The van der Waals surface area contributed by atoms with Crippen molar-refractivity contribution < 1.29 is 4.79 Å². The lowest BCUT2D eigenvalue weighted by atomic mass is 10.1. The fourth-order valence-corrected chi connectivity index (χ4v) is 2.25. The van der Waals surface area contributed by atoms with E-state index in [4.69, 9.17) is 23.2 Å². The standard InChI is InChI=1S/C11H7Cl2NOS/c1-6-14-10(5-16-6)11(15)8-4-7(12)2-3-9(8)13/h2-5H,1H3. The van der Waals surface area contributed by atoms with Gasteiger partial charge in [-0.3, -0.25) is 4.79 Å². The minimum atomic E-state index is -0.197. The number of aromatic nitrogens is 1. The molecule has 0 radical (unpaired) electrons. The van der Waals surface area contributed by atoms with Crippen LogP contribution in [0.25, 0.3) is 0 Å². The highest BCUT2D eigenvalue weighted by molar-refractivity contribution is 7.09. The van der Waals surface area contributed by atoms with Crippen molar-refractivity contribution in [3.63, 3.8) is 0 Å². The highest BCUT2D eigenvalue weighted by Gasteiger charge is 2.15. The molecule has 0 fully saturated rings. The highest BCUT2D eigenvalue weighted by atomic mass is 35.5. The average Bonchev–Trinajstić information content (AvgIpc) is 2.67. The Balaban J connectivity index is 2.45. The number of nitrogens with zero attached hydrogens (tertiary/aromatic N) is 1. The molecule has 0 aliphatic rings. The Morgan fingerprint density at radius 1 is 1.38 bits per heavy atom. The maximum atomic E-state index is 12.0. The summed E-state index contributed by atoms with van der Waals surface area (Å²) >= 11 is 13.2. The van der Waals surface area contributed by atoms with Gasteiger partial charge in [0, 0.05) is 16.0 Å². The molecule has 1 aromatic carbocycles. The third kappa shape index (κ3) is 2.26. The summed E-state index contributed by atoms with van der Waals surface area (Å²) in [6, 6.07) is 4.81. The van der Waals surface area contributed by atoms with Crippen LogP contribution in [0.2, 0.25) is 10.0 Å². The summed E-state index contributed by atoms with van der Waals surface area (Å²) in [6.07, 6.45) is 0. The van der Waals surface area contributed by atoms with Crippen LogP contribution in [0.3, 0.4) is 0 Å². The van der Waals surface area contributed by atoms with E-state index in [2.05, 4.69) is 4.98 Å². The molecule has 5 heteroatoms. The van der Waals surface area contributed by atoms with Gasteiger partial charge < -0.3 is 0 Å². The lowest BCUT2D eigenvalue weighted by Crippen LogP contribution is -2.02. The van der Waals surface area contributed by atoms with Crippen molar-refractivity contribution in [3.05, 3.63) is 49.9 Å². The van der Waals surface area contributed by atoms with Gasteiger partial charge in [-0.15, -0.1) is 11.3 Å². The molecule has 2 nitrogen and oxygen atoms in total. The second kappa shape index (κ2) is 4.53. The number of thiazole rings is 1. The van der Waals surface area contributed by atoms with Gasteiger partial charge in [-0.25, -0.2) is 4.98 Å². The Morgan fingerprint density at radius 3 is 2.75 bits per heavy atom. The number of aryl methyl sites for hydroxylation is 1. The predicted octanol–water partition coefficient (Wildman–Crippen LogP) is 3.99. The molecule has 2 rings (SSSR count). The maximum absolute atomic E-state index is 12.0. The molecule has 0 aliphatic carbocycles. The molecule has 82 valence electrons. The Labute approximate surface area is 107 Å². The number of rotatable bonds is 2. The Morgan fingerprint density at radius 2 is 2.12 bits per heavy atom. The first kappa shape index (κ1) is 11.6. The van der Waals surface area contributed by atoms with Gasteiger partial charge in [0.15, 0.2) is 0 Å². The van der Waals surface area contributed by atoms with E-state index < -0.39 is 0 Å². The molecule has 0 bridgehead atoms. The number of halogens is 2. The van der Waals surface area contributed by atoms with E-state index in [-0.39, 0.29) is 5.78 Å². The lowest BCUT2D eigenvalue weighted by Gasteiger charge is -2.01. The maximum Gasteiger partial charge on any atom is 0.213 e. The number of ketones is 1. The molecule has 0 aliphatic heterocycles. The van der Waals surface area contributed by atoms with Gasteiger partial charge in [-0.1, -0.05) is 23.2 Å². The predicted molar refractivity (Wildman–Crippen MR) is 66.7 cm³/mol. The Kier molecular flexibility index (Phi) is 3.28. The molecule has 0 saturated heterocycles. The van der Waals surface area contributed by atoms with Gasteiger partial charge >= 0.3 is 0 Å². The number of benzene rings is 1. The first-order chi connectivity index (χ1) is 7.58. The van der Waals surface area contributed by atoms with E-state index in [0.717, 1.165) is 5.01 Å². The smallest absolute Gasteiger partial charge is 0.213 e. The normalized spacial score (nSPS) is 10.4. The minimum Gasteiger partial charge on any atom is -0.287 e. The van der Waals surface area contributed by atoms with Crippen molar-refractivity contribution in [1.82, 2.24) is 4.98 Å². The quantitative estimate of drug-likeness (QED) is 0.774. The van der Waals surface area contributed by atoms with E-state index in [1.165, 1.54) is 11.3 Å². The molecule has 16 heavy (non-hydrogen) atoms. The number of hydrogen-bond acceptors (Lipinski definition) is 3. The summed E-state index contributed by atoms with van der Waals surface area (Å²) in [5.41, 5.74) is 0.797. The third-order valence-corrected chi connectivity index (χ3v) is 3.36. The van der Waals surface area contributed by atoms with Crippen LogP contribution in [0.5, 0.6) is 0 Å². The van der Waals surface area contributed by atoms with Gasteiger partial charge in [-0.05, 0) is 25.1 Å². The topological polar surface area (TPSA) is 30.0 Å². The van der Waals surface area contributed by atoms with Crippen molar-refractivity contribution in [2.75, 3.05) is 0 Å². The molecule has 1 aromatic heterocycles. The SMILES string of the molecule is Cc1nc(C(=O)c2cc(Cl)ccc2Cl)cs1. The summed E-state index contributed by atoms with van der Waals surface area (Å²) < 4.78 is 0. The third-order valence-electron chi connectivity index (χ3n) is 2.02. The molecule has 0 atom stereocenters. The highest BCUT2D eigenvalue weighted by Crippen LogP contribution is 2.23. The van der Waals surface area contributed by atoms with E-state index in [1.807, 2.05) is 6.92 Å². The lowest BCUT2D eigenvalue weighted by molar-refractivity contribution is 0.103. The molecule has 2 aromatic rings. The number of hydrogen-bond donors (Lipinski definition) is 0. The molecule has 0 amide bonds. The molecule has 0 N–H and O–H groups in total. The summed E-state index contributed by atoms with van der Waals surface area (Å²) in [5.74, 6) is -0.197. The molecular weight excluding hydrogens is 265 g/mol. The van der Waals surface area contributed by atoms with Crippen LogP contribution in [0.1, 0.15) is 21.1 Å². The minimum absolute atomic E-state index is 0.197. The fraction of sp³-hybridized carbons (Fsp3) is 0.0909. The zero-order valence-corrected chi connectivity index (χ0v) is 10.7. The van der Waals surface area contributed by atoms with Crippen molar-refractivity contribution in [1.29, 1.82) is 0 Å². The number of carbonyl (C=O) groups is 1. The molecular formula is C11H7Cl2NOS. The summed E-state index contributed by atoms with van der Waals surface area (Å²) in [5, 5.41) is 3.44. The second-order valence-electron chi connectivity index (χ2n) is 3.21. The van der Waals surface area contributed by atoms with E-state index in [9.17, 15) is 4.79 Å². The van der Waals surface area contributed by atoms with E-state index in [1.54, 1.807) is 23.6 Å². The van der Waals surface area contributed by atoms with Crippen LogP contribution >= 0.6 is 34.5 Å². The van der Waals surface area contributed by atoms with Crippen molar-refractivity contribution in [2.24, 2.45) is 0 Å². The first-order valence-electron chi connectivity index (χ1n) is 4.50. The molecule has 0 spiro atoms. The fourth-order valence-electron chi connectivity index (χ4n) is 1.28. The van der Waals surface area contributed by atoms with E-state index in [0.29, 0.717) is 21.3 Å². The number of carbonyl (C=O) groups excluding carboxylic acids is 1. The van der Waals surface area contributed by atoms with Crippen LogP contribution in [0.4, 0.5) is 0 Å². The Hall–Kier alpha value is -0.900. The van der Waals surface area contributed by atoms with Crippen LogP contribution < -0.4 is 0 Å². The molecule has 0 saturated carbocycles. The summed E-state index contributed by atoms with van der Waals surface area (Å²) in [7, 11) is 0. The van der Waals surface area contributed by atoms with E-state index >= 15 is 0 Å². The van der Waals surface area contributed by atoms with Gasteiger partial charge in [0.2, 0.25) is 5.78 Å². The van der Waals surface area contributed by atoms with Crippen molar-refractivity contribution in [3.8, 4) is 0 Å². The van der Waals surface area contributed by atoms with Gasteiger partial charge in [0.25, 0.3) is 0 Å². The summed E-state index contributed by atoms with van der Waals surface area (Å²) in [6.45, 7) is 1.85. The van der Waals surface area contributed by atoms with Crippen LogP contribution in [-0.4, -0.2) is 10.8 Å². The Bertz CT molecular complexity index is 551.